The molecule has 0 aromatic carbocycles. The highest BCUT2D eigenvalue weighted by molar-refractivity contribution is 7.18. The summed E-state index contributed by atoms with van der Waals surface area (Å²) in [5.41, 5.74) is 5.90. The summed E-state index contributed by atoms with van der Waals surface area (Å²) < 4.78 is 0. The fourth-order valence-electron chi connectivity index (χ4n) is 1.57. The third-order valence-electron chi connectivity index (χ3n) is 2.18. The number of hydrogen-bond acceptors (Lipinski definition) is 4. The van der Waals surface area contributed by atoms with Crippen LogP contribution in [-0.4, -0.2) is 9.97 Å². The van der Waals surface area contributed by atoms with Gasteiger partial charge in [-0.2, -0.15) is 0 Å². The molecule has 0 spiro atoms. The average molecular weight is 221 g/mol. The number of aryl methyl sites for hydroxylation is 1. The molecule has 0 bridgehead atoms. The van der Waals surface area contributed by atoms with Crippen molar-refractivity contribution >= 4 is 27.4 Å². The van der Waals surface area contributed by atoms with E-state index in [1.165, 1.54) is 4.88 Å². The minimum Gasteiger partial charge on any atom is -0.383 e. The van der Waals surface area contributed by atoms with Crippen LogP contribution in [0.15, 0.2) is 6.07 Å². The first-order chi connectivity index (χ1) is 7.06. The van der Waals surface area contributed by atoms with Gasteiger partial charge in [0.25, 0.3) is 0 Å². The van der Waals surface area contributed by atoms with E-state index in [1.54, 1.807) is 11.3 Å². The smallest absolute Gasteiger partial charge is 0.135 e. The first-order valence-corrected chi connectivity index (χ1v) is 5.90. The van der Waals surface area contributed by atoms with Gasteiger partial charge in [0.2, 0.25) is 0 Å². The molecule has 0 amide bonds. The molecule has 80 valence electrons. The maximum Gasteiger partial charge on any atom is 0.135 e. The second-order valence-electron chi connectivity index (χ2n) is 4.20. The third kappa shape index (κ3) is 2.09. The number of nitrogens with zero attached hydrogens (tertiary/aromatic N) is 2. The van der Waals surface area contributed by atoms with Crippen LogP contribution in [0.25, 0.3) is 10.2 Å². The summed E-state index contributed by atoms with van der Waals surface area (Å²) in [6.07, 6.45) is 0.886. The second-order valence-corrected chi connectivity index (χ2v) is 5.43. The van der Waals surface area contributed by atoms with E-state index in [4.69, 9.17) is 5.73 Å². The van der Waals surface area contributed by atoms with Crippen molar-refractivity contribution in [2.24, 2.45) is 5.92 Å². The Morgan fingerprint density at radius 3 is 2.80 bits per heavy atom. The number of hydrogen-bond donors (Lipinski definition) is 1. The Balaban J connectivity index is 2.51. The van der Waals surface area contributed by atoms with Gasteiger partial charge >= 0.3 is 0 Å². The number of anilines is 1. The lowest BCUT2D eigenvalue weighted by atomic mass is 10.1. The molecule has 0 radical (unpaired) electrons. The second kappa shape index (κ2) is 3.77. The zero-order valence-corrected chi connectivity index (χ0v) is 10.1. The van der Waals surface area contributed by atoms with Crippen molar-refractivity contribution in [3.8, 4) is 0 Å². The lowest BCUT2D eigenvalue weighted by molar-refractivity contribution is 0.624. The van der Waals surface area contributed by atoms with Crippen LogP contribution in [0.4, 0.5) is 5.82 Å². The topological polar surface area (TPSA) is 51.8 Å². The van der Waals surface area contributed by atoms with E-state index in [-0.39, 0.29) is 0 Å². The van der Waals surface area contributed by atoms with Crippen LogP contribution < -0.4 is 5.73 Å². The summed E-state index contributed by atoms with van der Waals surface area (Å²) >= 11 is 1.68. The molecule has 2 aromatic heterocycles. The highest BCUT2D eigenvalue weighted by Crippen LogP contribution is 2.27. The van der Waals surface area contributed by atoms with Crippen LogP contribution in [0.5, 0.6) is 0 Å². The Morgan fingerprint density at radius 2 is 2.13 bits per heavy atom. The quantitative estimate of drug-likeness (QED) is 0.848. The minimum absolute atomic E-state index is 0.558. The molecule has 2 aromatic rings. The Hall–Kier alpha value is -1.16. The zero-order chi connectivity index (χ0) is 11.0. The zero-order valence-electron chi connectivity index (χ0n) is 9.24. The molecule has 0 aliphatic carbocycles. The number of aromatic nitrogens is 2. The van der Waals surface area contributed by atoms with Gasteiger partial charge in [-0.3, -0.25) is 0 Å². The van der Waals surface area contributed by atoms with Gasteiger partial charge in [0.15, 0.2) is 0 Å². The highest BCUT2D eigenvalue weighted by Gasteiger charge is 2.08. The largest absolute Gasteiger partial charge is 0.383 e. The van der Waals surface area contributed by atoms with E-state index in [9.17, 15) is 0 Å². The molecular formula is C11H15N3S. The summed E-state index contributed by atoms with van der Waals surface area (Å²) in [7, 11) is 0. The van der Waals surface area contributed by atoms with Crippen LogP contribution in [0.2, 0.25) is 0 Å². The summed E-state index contributed by atoms with van der Waals surface area (Å²) in [6.45, 7) is 6.38. The lowest BCUT2D eigenvalue weighted by Gasteiger charge is -2.04. The maximum absolute atomic E-state index is 5.90. The number of nitrogen functional groups attached to an aromatic ring is 1. The predicted molar refractivity (Wildman–Crippen MR) is 65.1 cm³/mol. The van der Waals surface area contributed by atoms with Crippen molar-refractivity contribution in [3.05, 3.63) is 16.8 Å². The van der Waals surface area contributed by atoms with E-state index in [0.29, 0.717) is 11.7 Å². The molecule has 0 unspecified atom stereocenters. The molecule has 0 aliphatic rings. The molecule has 15 heavy (non-hydrogen) atoms. The highest BCUT2D eigenvalue weighted by atomic mass is 32.1. The molecule has 3 nitrogen and oxygen atoms in total. The van der Waals surface area contributed by atoms with Gasteiger partial charge in [0, 0.05) is 11.3 Å². The molecular weight excluding hydrogens is 206 g/mol. The predicted octanol–water partition coefficient (Wildman–Crippen LogP) is 2.78. The van der Waals surface area contributed by atoms with Gasteiger partial charge in [-0.15, -0.1) is 11.3 Å². The van der Waals surface area contributed by atoms with Crippen LogP contribution >= 0.6 is 11.3 Å². The van der Waals surface area contributed by atoms with Crippen molar-refractivity contribution in [3.63, 3.8) is 0 Å². The van der Waals surface area contributed by atoms with E-state index in [2.05, 4.69) is 36.8 Å². The Bertz CT molecular complexity index is 488. The van der Waals surface area contributed by atoms with Gasteiger partial charge in [0.05, 0.1) is 5.39 Å². The normalized spacial score (nSPS) is 11.5. The first kappa shape index (κ1) is 10.4. The molecule has 0 saturated carbocycles. The third-order valence-corrected chi connectivity index (χ3v) is 3.13. The number of thiophene rings is 1. The molecule has 0 fully saturated rings. The van der Waals surface area contributed by atoms with Crippen molar-refractivity contribution in [1.29, 1.82) is 0 Å². The Kier molecular flexibility index (Phi) is 2.61. The van der Waals surface area contributed by atoms with Crippen LogP contribution in [-0.2, 0) is 6.42 Å². The first-order valence-electron chi connectivity index (χ1n) is 5.09. The minimum atomic E-state index is 0.558. The molecule has 2 heterocycles. The maximum atomic E-state index is 5.90. The van der Waals surface area contributed by atoms with Crippen molar-refractivity contribution in [2.75, 3.05) is 5.73 Å². The van der Waals surface area contributed by atoms with Gasteiger partial charge in [-0.05, 0) is 18.9 Å². The van der Waals surface area contributed by atoms with E-state index < -0.39 is 0 Å². The van der Waals surface area contributed by atoms with Crippen LogP contribution in [0, 0.1) is 12.8 Å². The number of nitrogens with two attached hydrogens (primary N) is 1. The van der Waals surface area contributed by atoms with Gasteiger partial charge in [0.1, 0.15) is 16.5 Å². The van der Waals surface area contributed by atoms with Gasteiger partial charge < -0.3 is 5.73 Å². The summed E-state index contributed by atoms with van der Waals surface area (Å²) in [5.74, 6) is 2.03. The molecule has 0 saturated heterocycles. The van der Waals surface area contributed by atoms with Crippen molar-refractivity contribution in [1.82, 2.24) is 9.97 Å². The standard InChI is InChI=1S/C11H15N3S/c1-6(2)4-9-13-10(12)8-5-7(3)15-11(8)14-9/h5-6H,4H2,1-3H3,(H2,12,13,14). The average Bonchev–Trinajstić information content (AvgIpc) is 2.44. The molecule has 2 N–H and O–H groups in total. The summed E-state index contributed by atoms with van der Waals surface area (Å²) in [4.78, 5) is 11.1. The van der Waals surface area contributed by atoms with E-state index >= 15 is 0 Å². The molecule has 2 rings (SSSR count). The van der Waals surface area contributed by atoms with Crippen LogP contribution in [0.3, 0.4) is 0 Å². The van der Waals surface area contributed by atoms with Gasteiger partial charge in [-0.1, -0.05) is 13.8 Å². The van der Waals surface area contributed by atoms with Crippen molar-refractivity contribution < 1.29 is 0 Å². The van der Waals surface area contributed by atoms with E-state index in [1.807, 2.05) is 0 Å². The van der Waals surface area contributed by atoms with Crippen molar-refractivity contribution in [2.45, 2.75) is 27.2 Å². The monoisotopic (exact) mass is 221 g/mol. The molecule has 0 atom stereocenters. The number of rotatable bonds is 2. The fraction of sp³-hybridized carbons (Fsp3) is 0.455. The Labute approximate surface area is 93.4 Å². The lowest BCUT2D eigenvalue weighted by Crippen LogP contribution is -2.03. The molecule has 4 heteroatoms. The number of fused-ring (bicyclic) bond motifs is 1. The fourth-order valence-corrected chi connectivity index (χ4v) is 2.47. The summed E-state index contributed by atoms with van der Waals surface area (Å²) in [6, 6.07) is 2.05. The van der Waals surface area contributed by atoms with Gasteiger partial charge in [-0.25, -0.2) is 9.97 Å². The summed E-state index contributed by atoms with van der Waals surface area (Å²) in [5, 5.41) is 0.991. The van der Waals surface area contributed by atoms with E-state index in [0.717, 1.165) is 22.5 Å². The SMILES string of the molecule is Cc1cc2c(N)nc(CC(C)C)nc2s1. The molecule has 0 aliphatic heterocycles. The van der Waals surface area contributed by atoms with Crippen LogP contribution in [0.1, 0.15) is 24.5 Å². The Morgan fingerprint density at radius 1 is 1.40 bits per heavy atom.